The van der Waals surface area contributed by atoms with Gasteiger partial charge >= 0.3 is 0 Å². The van der Waals surface area contributed by atoms with Gasteiger partial charge in [-0.3, -0.25) is 14.4 Å². The van der Waals surface area contributed by atoms with E-state index in [2.05, 4.69) is 11.4 Å². The van der Waals surface area contributed by atoms with E-state index < -0.39 is 6.04 Å². The minimum absolute atomic E-state index is 0.0276. The van der Waals surface area contributed by atoms with Crippen molar-refractivity contribution in [3.8, 4) is 0 Å². The molecule has 4 aromatic rings. The van der Waals surface area contributed by atoms with E-state index in [1.54, 1.807) is 9.80 Å². The summed E-state index contributed by atoms with van der Waals surface area (Å²) in [5.74, 6) is -0.291. The number of hydrogen-bond acceptors (Lipinski definition) is 3. The van der Waals surface area contributed by atoms with Crippen molar-refractivity contribution in [1.82, 2.24) is 10.2 Å². The zero-order valence-electron chi connectivity index (χ0n) is 23.1. The van der Waals surface area contributed by atoms with E-state index in [-0.39, 0.29) is 24.1 Å². The van der Waals surface area contributed by atoms with Crippen molar-refractivity contribution in [2.24, 2.45) is 0 Å². The Balaban J connectivity index is 1.36. The molecule has 0 aromatic heterocycles. The van der Waals surface area contributed by atoms with Gasteiger partial charge in [0.2, 0.25) is 11.8 Å². The molecular formula is C34H35N3O3. The Morgan fingerprint density at radius 2 is 1.62 bits per heavy atom. The van der Waals surface area contributed by atoms with E-state index in [9.17, 15) is 14.4 Å². The van der Waals surface area contributed by atoms with E-state index in [1.807, 2.05) is 98.8 Å². The summed E-state index contributed by atoms with van der Waals surface area (Å²) in [6, 6.07) is 28.9. The summed E-state index contributed by atoms with van der Waals surface area (Å²) in [7, 11) is 0. The molecule has 3 amide bonds. The standard InChI is InChI=1S/C34H35N3O3/c1-3-35-33(39)30(22-25-12-5-4-6-13-25)37(23-26-14-7-11-24(2)21-26)31(38)19-10-20-36-29-18-9-16-27-15-8-17-28(32(27)29)34(36)40/h4-9,11-18,21,30H,3,10,19-20,22-23H2,1-2H3,(H,35,39)/t30-/m1/s1. The van der Waals surface area contributed by atoms with Gasteiger partial charge in [0.25, 0.3) is 5.91 Å². The zero-order chi connectivity index (χ0) is 28.1. The monoisotopic (exact) mass is 533 g/mol. The largest absolute Gasteiger partial charge is 0.355 e. The third kappa shape index (κ3) is 5.76. The van der Waals surface area contributed by atoms with Crippen LogP contribution in [0, 0.1) is 6.92 Å². The van der Waals surface area contributed by atoms with Crippen LogP contribution >= 0.6 is 0 Å². The van der Waals surface area contributed by atoms with Crippen LogP contribution in [-0.4, -0.2) is 41.8 Å². The van der Waals surface area contributed by atoms with Gasteiger partial charge in [0.05, 0.1) is 5.69 Å². The number of nitrogens with one attached hydrogen (secondary N) is 1. The fraction of sp³-hybridized carbons (Fsp3) is 0.265. The topological polar surface area (TPSA) is 69.7 Å². The van der Waals surface area contributed by atoms with Crippen molar-refractivity contribution >= 4 is 34.2 Å². The second kappa shape index (κ2) is 12.2. The van der Waals surface area contributed by atoms with Crippen molar-refractivity contribution in [3.05, 3.63) is 113 Å². The minimum Gasteiger partial charge on any atom is -0.355 e. The molecule has 40 heavy (non-hydrogen) atoms. The lowest BCUT2D eigenvalue weighted by atomic mass is 10.0. The Labute approximate surface area is 235 Å². The highest BCUT2D eigenvalue weighted by atomic mass is 16.2. The third-order valence-electron chi connectivity index (χ3n) is 7.48. The molecule has 0 saturated heterocycles. The van der Waals surface area contributed by atoms with Gasteiger partial charge in [0.1, 0.15) is 6.04 Å². The molecule has 0 aliphatic carbocycles. The summed E-state index contributed by atoms with van der Waals surface area (Å²) >= 11 is 0. The van der Waals surface area contributed by atoms with Gasteiger partial charge in [-0.15, -0.1) is 0 Å². The van der Waals surface area contributed by atoms with E-state index >= 15 is 0 Å². The Hall–Kier alpha value is -4.45. The van der Waals surface area contributed by atoms with Gasteiger partial charge in [-0.05, 0) is 48.9 Å². The zero-order valence-corrected chi connectivity index (χ0v) is 23.1. The molecule has 6 heteroatoms. The van der Waals surface area contributed by atoms with E-state index in [4.69, 9.17) is 0 Å². The molecular weight excluding hydrogens is 498 g/mol. The molecule has 0 saturated carbocycles. The van der Waals surface area contributed by atoms with E-state index in [0.29, 0.717) is 38.0 Å². The SMILES string of the molecule is CCNC(=O)[C@@H](Cc1ccccc1)N(Cc1cccc(C)c1)C(=O)CCCN1C(=O)c2cccc3cccc1c23. The minimum atomic E-state index is -0.651. The quantitative estimate of drug-likeness (QED) is 0.270. The molecule has 6 nitrogen and oxygen atoms in total. The van der Waals surface area contributed by atoms with Crippen LogP contribution in [0.25, 0.3) is 10.8 Å². The summed E-state index contributed by atoms with van der Waals surface area (Å²) in [6.07, 6.45) is 1.14. The average Bonchev–Trinajstić information content (AvgIpc) is 3.23. The number of rotatable bonds is 11. The lowest BCUT2D eigenvalue weighted by molar-refractivity contribution is -0.141. The van der Waals surface area contributed by atoms with Crippen LogP contribution in [0.3, 0.4) is 0 Å². The van der Waals surface area contributed by atoms with E-state index in [0.717, 1.165) is 33.2 Å². The van der Waals surface area contributed by atoms with Crippen LogP contribution in [0.5, 0.6) is 0 Å². The lowest BCUT2D eigenvalue weighted by Gasteiger charge is -2.32. The number of amides is 3. The Kier molecular flexibility index (Phi) is 8.25. The highest BCUT2D eigenvalue weighted by molar-refractivity contribution is 6.25. The number of hydrogen-bond donors (Lipinski definition) is 1. The Morgan fingerprint density at radius 3 is 2.38 bits per heavy atom. The molecule has 1 aliphatic rings. The molecule has 1 heterocycles. The van der Waals surface area contributed by atoms with Gasteiger partial charge in [0.15, 0.2) is 0 Å². The van der Waals surface area contributed by atoms with Crippen LogP contribution in [0.2, 0.25) is 0 Å². The molecule has 0 unspecified atom stereocenters. The molecule has 0 spiro atoms. The maximum absolute atomic E-state index is 13.9. The number of likely N-dealkylation sites (N-methyl/N-ethyl adjacent to an activating group) is 1. The predicted molar refractivity (Wildman–Crippen MR) is 159 cm³/mol. The van der Waals surface area contributed by atoms with Crippen LogP contribution in [0.4, 0.5) is 5.69 Å². The van der Waals surface area contributed by atoms with Gasteiger partial charge in [-0.1, -0.05) is 84.4 Å². The fourth-order valence-electron chi connectivity index (χ4n) is 5.59. The third-order valence-corrected chi connectivity index (χ3v) is 7.48. The number of carbonyl (C=O) groups is 3. The fourth-order valence-corrected chi connectivity index (χ4v) is 5.59. The van der Waals surface area contributed by atoms with Gasteiger partial charge in [0, 0.05) is 43.4 Å². The molecule has 0 bridgehead atoms. The summed E-state index contributed by atoms with van der Waals surface area (Å²) < 4.78 is 0. The van der Waals surface area contributed by atoms with Crippen molar-refractivity contribution in [2.75, 3.05) is 18.0 Å². The summed E-state index contributed by atoms with van der Waals surface area (Å²) in [6.45, 7) is 5.16. The molecule has 5 rings (SSSR count). The van der Waals surface area contributed by atoms with Crippen LogP contribution in [0.15, 0.2) is 91.0 Å². The second-order valence-electron chi connectivity index (χ2n) is 10.4. The van der Waals surface area contributed by atoms with Crippen molar-refractivity contribution < 1.29 is 14.4 Å². The first-order valence-corrected chi connectivity index (χ1v) is 14.0. The number of anilines is 1. The first-order chi connectivity index (χ1) is 19.5. The molecule has 1 aliphatic heterocycles. The predicted octanol–water partition coefficient (Wildman–Crippen LogP) is 5.66. The number of aryl methyl sites for hydroxylation is 1. The highest BCUT2D eigenvalue weighted by Gasteiger charge is 2.32. The number of carbonyl (C=O) groups excluding carboxylic acids is 3. The molecule has 1 N–H and O–H groups in total. The van der Waals surface area contributed by atoms with Gasteiger partial charge in [-0.2, -0.15) is 0 Å². The maximum atomic E-state index is 13.9. The summed E-state index contributed by atoms with van der Waals surface area (Å²) in [5, 5.41) is 4.95. The summed E-state index contributed by atoms with van der Waals surface area (Å²) in [4.78, 5) is 43.9. The second-order valence-corrected chi connectivity index (χ2v) is 10.4. The molecule has 4 aromatic carbocycles. The smallest absolute Gasteiger partial charge is 0.258 e. The first-order valence-electron chi connectivity index (χ1n) is 14.0. The molecule has 0 radical (unpaired) electrons. The van der Waals surface area contributed by atoms with Crippen LogP contribution < -0.4 is 10.2 Å². The normalized spacial score (nSPS) is 12.9. The van der Waals surface area contributed by atoms with Gasteiger partial charge in [-0.25, -0.2) is 0 Å². The molecule has 0 fully saturated rings. The molecule has 1 atom stereocenters. The van der Waals surface area contributed by atoms with Gasteiger partial charge < -0.3 is 15.1 Å². The number of nitrogens with zero attached hydrogens (tertiary/aromatic N) is 2. The van der Waals surface area contributed by atoms with Crippen molar-refractivity contribution in [2.45, 2.75) is 45.7 Å². The van der Waals surface area contributed by atoms with Crippen molar-refractivity contribution in [1.29, 1.82) is 0 Å². The summed E-state index contributed by atoms with van der Waals surface area (Å²) in [5.41, 5.74) is 4.68. The first kappa shape index (κ1) is 27.1. The Morgan fingerprint density at radius 1 is 0.900 bits per heavy atom. The Bertz CT molecular complexity index is 1530. The van der Waals surface area contributed by atoms with Crippen molar-refractivity contribution in [3.63, 3.8) is 0 Å². The van der Waals surface area contributed by atoms with Crippen LogP contribution in [-0.2, 0) is 22.6 Å². The maximum Gasteiger partial charge on any atom is 0.258 e. The lowest BCUT2D eigenvalue weighted by Crippen LogP contribution is -2.50. The van der Waals surface area contributed by atoms with Crippen LogP contribution in [0.1, 0.15) is 46.8 Å². The van der Waals surface area contributed by atoms with E-state index in [1.165, 1.54) is 0 Å². The number of benzene rings is 4. The average molecular weight is 534 g/mol. The highest BCUT2D eigenvalue weighted by Crippen LogP contribution is 2.37. The molecule has 204 valence electrons.